The second-order valence-electron chi connectivity index (χ2n) is 9.39. The lowest BCUT2D eigenvalue weighted by molar-refractivity contribution is -0.133. The van der Waals surface area contributed by atoms with Crippen molar-refractivity contribution in [2.24, 2.45) is 11.8 Å². The van der Waals surface area contributed by atoms with E-state index in [0.717, 1.165) is 80.7 Å². The normalized spacial score (nSPS) is 20.6. The van der Waals surface area contributed by atoms with Gasteiger partial charge in [-0.15, -0.1) is 0 Å². The van der Waals surface area contributed by atoms with Crippen LogP contribution in [0.2, 0.25) is 0 Å². The largest absolute Gasteiger partial charge is 0.497 e. The van der Waals surface area contributed by atoms with Crippen LogP contribution in [0.15, 0.2) is 59.3 Å². The fourth-order valence-corrected chi connectivity index (χ4v) is 5.13. The molecule has 4 heterocycles. The minimum absolute atomic E-state index is 0.265. The molecule has 1 N–H and O–H groups in total. The summed E-state index contributed by atoms with van der Waals surface area (Å²) in [6, 6.07) is 15.8. The lowest BCUT2D eigenvalue weighted by Gasteiger charge is -2.37. The van der Waals surface area contributed by atoms with Crippen molar-refractivity contribution in [1.29, 1.82) is 0 Å². The molecule has 184 valence electrons. The third-order valence-corrected chi connectivity index (χ3v) is 7.21. The van der Waals surface area contributed by atoms with E-state index in [0.29, 0.717) is 18.3 Å². The van der Waals surface area contributed by atoms with Gasteiger partial charge in [0.25, 0.3) is 0 Å². The van der Waals surface area contributed by atoms with Crippen LogP contribution in [0.5, 0.6) is 5.75 Å². The molecule has 2 unspecified atom stereocenters. The minimum atomic E-state index is 0.265. The zero-order valence-electron chi connectivity index (χ0n) is 20.2. The predicted octanol–water partition coefficient (Wildman–Crippen LogP) is 3.25. The van der Waals surface area contributed by atoms with Crippen LogP contribution in [0, 0.1) is 11.8 Å². The van der Waals surface area contributed by atoms with Crippen molar-refractivity contribution in [2.45, 2.75) is 19.3 Å². The first kappa shape index (κ1) is 23.4. The molecule has 2 aromatic heterocycles. The summed E-state index contributed by atoms with van der Waals surface area (Å²) < 4.78 is 10.9. The molecule has 0 bridgehead atoms. The van der Waals surface area contributed by atoms with Gasteiger partial charge in [-0.25, -0.2) is 4.98 Å². The third-order valence-electron chi connectivity index (χ3n) is 7.21. The molecule has 0 radical (unpaired) electrons. The molecule has 1 aromatic carbocycles. The molecule has 0 spiro atoms. The van der Waals surface area contributed by atoms with Crippen LogP contribution < -0.4 is 15.0 Å². The van der Waals surface area contributed by atoms with Crippen molar-refractivity contribution in [3.8, 4) is 17.1 Å². The van der Waals surface area contributed by atoms with E-state index in [9.17, 15) is 4.79 Å². The van der Waals surface area contributed by atoms with Crippen molar-refractivity contribution in [3.63, 3.8) is 0 Å². The van der Waals surface area contributed by atoms with Gasteiger partial charge in [-0.3, -0.25) is 4.79 Å². The molecule has 0 aliphatic carbocycles. The van der Waals surface area contributed by atoms with E-state index in [1.165, 1.54) is 0 Å². The summed E-state index contributed by atoms with van der Waals surface area (Å²) in [5, 5.41) is 7.83. The van der Waals surface area contributed by atoms with Crippen LogP contribution in [0.25, 0.3) is 11.3 Å². The smallest absolute Gasteiger partial charge is 0.222 e. The third kappa shape index (κ3) is 5.65. The quantitative estimate of drug-likeness (QED) is 0.562. The van der Waals surface area contributed by atoms with Crippen LogP contribution in [0.1, 0.15) is 18.5 Å². The van der Waals surface area contributed by atoms with Crippen LogP contribution in [0.3, 0.4) is 0 Å². The molecule has 8 nitrogen and oxygen atoms in total. The number of carbonyl (C=O) groups excluding carboxylic acids is 1. The van der Waals surface area contributed by atoms with Gasteiger partial charge >= 0.3 is 0 Å². The molecule has 2 aliphatic rings. The molecule has 0 saturated carbocycles. The number of amides is 1. The van der Waals surface area contributed by atoms with Crippen LogP contribution >= 0.6 is 0 Å². The van der Waals surface area contributed by atoms with Crippen molar-refractivity contribution in [3.05, 3.63) is 60.4 Å². The molecule has 2 fully saturated rings. The Morgan fingerprint density at radius 3 is 2.69 bits per heavy atom. The molecular formula is C27H33N5O3. The average molecular weight is 476 g/mol. The Balaban J connectivity index is 1.16. The van der Waals surface area contributed by atoms with Gasteiger partial charge in [0.05, 0.1) is 12.8 Å². The van der Waals surface area contributed by atoms with Gasteiger partial charge in [-0.05, 0) is 74.2 Å². The van der Waals surface area contributed by atoms with Gasteiger partial charge in [0.1, 0.15) is 11.6 Å². The Labute approximate surface area is 206 Å². The summed E-state index contributed by atoms with van der Waals surface area (Å²) in [6.07, 6.45) is 4.23. The Morgan fingerprint density at radius 2 is 1.94 bits per heavy atom. The molecule has 2 aliphatic heterocycles. The van der Waals surface area contributed by atoms with E-state index < -0.39 is 0 Å². The molecular weight excluding hydrogens is 442 g/mol. The van der Waals surface area contributed by atoms with Gasteiger partial charge in [-0.2, -0.15) is 0 Å². The van der Waals surface area contributed by atoms with E-state index in [1.54, 1.807) is 7.11 Å². The van der Waals surface area contributed by atoms with E-state index in [4.69, 9.17) is 9.26 Å². The molecule has 8 heteroatoms. The van der Waals surface area contributed by atoms with Crippen molar-refractivity contribution >= 4 is 11.7 Å². The summed E-state index contributed by atoms with van der Waals surface area (Å²) in [6.45, 7) is 5.00. The maximum absolute atomic E-state index is 13.2. The highest BCUT2D eigenvalue weighted by atomic mass is 16.5. The van der Waals surface area contributed by atoms with E-state index in [-0.39, 0.29) is 5.91 Å². The number of carbonyl (C=O) groups is 1. The number of anilines is 1. The summed E-state index contributed by atoms with van der Waals surface area (Å²) >= 11 is 0. The molecule has 2 saturated heterocycles. The summed E-state index contributed by atoms with van der Waals surface area (Å²) in [5.41, 5.74) is 1.91. The number of rotatable bonds is 7. The van der Waals surface area contributed by atoms with Crippen LogP contribution in [0.4, 0.5) is 5.82 Å². The Kier molecular flexibility index (Phi) is 7.28. The lowest BCUT2D eigenvalue weighted by atomic mass is 9.81. The van der Waals surface area contributed by atoms with Crippen molar-refractivity contribution in [2.75, 3.05) is 51.3 Å². The number of methoxy groups -OCH3 is 1. The summed E-state index contributed by atoms with van der Waals surface area (Å²) in [7, 11) is 1.66. The number of nitrogens with one attached hydrogen (secondary N) is 1. The molecule has 35 heavy (non-hydrogen) atoms. The standard InChI is InChI=1S/C27H33N5O3/c1-34-24-7-5-20(6-8-24)25-18-23(30-35-25)16-22-19-28-11-9-21(22)17-27(33)32-14-12-31(13-15-32)26-4-2-3-10-29-26/h2-8,10,18,21-22,28H,9,11-17,19H2,1H3. The Hall–Kier alpha value is -3.39. The summed E-state index contributed by atoms with van der Waals surface area (Å²) in [5.74, 6) is 3.52. The maximum Gasteiger partial charge on any atom is 0.222 e. The Bertz CT molecular complexity index is 1090. The highest BCUT2D eigenvalue weighted by Crippen LogP contribution is 2.29. The second-order valence-corrected chi connectivity index (χ2v) is 9.39. The maximum atomic E-state index is 13.2. The minimum Gasteiger partial charge on any atom is -0.497 e. The number of piperazine rings is 1. The fraction of sp³-hybridized carbons (Fsp3) is 0.444. The SMILES string of the molecule is COc1ccc(-c2cc(CC3CNCCC3CC(=O)N3CCN(c4ccccn4)CC3)no2)cc1. The lowest BCUT2D eigenvalue weighted by Crippen LogP contribution is -2.50. The van der Waals surface area contributed by atoms with E-state index in [2.05, 4.69) is 20.4 Å². The first-order chi connectivity index (χ1) is 17.2. The number of benzene rings is 1. The van der Waals surface area contributed by atoms with Gasteiger partial charge in [0, 0.05) is 50.4 Å². The molecule has 1 amide bonds. The van der Waals surface area contributed by atoms with Gasteiger partial charge < -0.3 is 24.4 Å². The van der Waals surface area contributed by atoms with E-state index >= 15 is 0 Å². The number of pyridine rings is 1. The van der Waals surface area contributed by atoms with Crippen molar-refractivity contribution in [1.82, 2.24) is 20.4 Å². The number of hydrogen-bond acceptors (Lipinski definition) is 7. The van der Waals surface area contributed by atoms with Crippen LogP contribution in [-0.4, -0.2) is 67.3 Å². The number of hydrogen-bond donors (Lipinski definition) is 1. The number of piperidine rings is 1. The first-order valence-corrected chi connectivity index (χ1v) is 12.4. The monoisotopic (exact) mass is 475 g/mol. The highest BCUT2D eigenvalue weighted by molar-refractivity contribution is 5.77. The predicted molar refractivity (Wildman–Crippen MR) is 134 cm³/mol. The van der Waals surface area contributed by atoms with Crippen molar-refractivity contribution < 1.29 is 14.1 Å². The second kappa shape index (κ2) is 10.9. The highest BCUT2D eigenvalue weighted by Gasteiger charge is 2.31. The summed E-state index contributed by atoms with van der Waals surface area (Å²) in [4.78, 5) is 21.9. The first-order valence-electron chi connectivity index (χ1n) is 12.4. The van der Waals surface area contributed by atoms with Gasteiger partial charge in [-0.1, -0.05) is 11.2 Å². The zero-order chi connectivity index (χ0) is 24.0. The van der Waals surface area contributed by atoms with Gasteiger partial charge in [0.15, 0.2) is 5.76 Å². The number of ether oxygens (including phenoxy) is 1. The van der Waals surface area contributed by atoms with Gasteiger partial charge in [0.2, 0.25) is 5.91 Å². The fourth-order valence-electron chi connectivity index (χ4n) is 5.13. The topological polar surface area (TPSA) is 83.7 Å². The zero-order valence-corrected chi connectivity index (χ0v) is 20.2. The Morgan fingerprint density at radius 1 is 1.11 bits per heavy atom. The van der Waals surface area contributed by atoms with Crippen LogP contribution in [-0.2, 0) is 11.2 Å². The molecule has 3 aromatic rings. The number of aromatic nitrogens is 2. The van der Waals surface area contributed by atoms with E-state index in [1.807, 2.05) is 59.6 Å². The number of nitrogens with zero attached hydrogens (tertiary/aromatic N) is 4. The molecule has 2 atom stereocenters. The average Bonchev–Trinajstić information content (AvgIpc) is 3.39. The molecule has 5 rings (SSSR count).